The molecule has 2 aliphatic rings. The number of hydrogen-bond donors (Lipinski definition) is 1. The van der Waals surface area contributed by atoms with Crippen LogP contribution in [-0.4, -0.2) is 30.8 Å². The first-order valence-corrected chi connectivity index (χ1v) is 4.94. The summed E-state index contributed by atoms with van der Waals surface area (Å²) in [6.45, 7) is 2.78. The Kier molecular flexibility index (Phi) is 2.14. The number of hydrogen-bond acceptors (Lipinski definition) is 4. The first kappa shape index (κ1) is 8.86. The van der Waals surface area contributed by atoms with E-state index in [1.54, 1.807) is 0 Å². The van der Waals surface area contributed by atoms with Crippen molar-refractivity contribution in [1.82, 2.24) is 3.53 Å². The van der Waals surface area contributed by atoms with Crippen LogP contribution in [0.15, 0.2) is 0 Å². The van der Waals surface area contributed by atoms with E-state index in [0.717, 1.165) is 0 Å². The van der Waals surface area contributed by atoms with E-state index in [-0.39, 0.29) is 18.3 Å². The lowest BCUT2D eigenvalue weighted by Crippen LogP contribution is -2.50. The third-order valence-corrected chi connectivity index (χ3v) is 3.37. The molecule has 0 aromatic heterocycles. The molecule has 0 aromatic carbocycles. The first-order chi connectivity index (χ1) is 5.70. The minimum absolute atomic E-state index is 0.0449. The molecule has 5 heteroatoms. The molecule has 2 heterocycles. The summed E-state index contributed by atoms with van der Waals surface area (Å²) >= 11 is 2.02. The van der Waals surface area contributed by atoms with Gasteiger partial charge in [0, 0.05) is 28.8 Å². The number of halogens is 1. The van der Waals surface area contributed by atoms with Crippen molar-refractivity contribution in [2.45, 2.75) is 18.8 Å². The Bertz CT molecular complexity index is 223. The van der Waals surface area contributed by atoms with Crippen LogP contribution in [0.25, 0.3) is 0 Å². The second kappa shape index (κ2) is 2.90. The van der Waals surface area contributed by atoms with E-state index in [1.807, 2.05) is 29.8 Å². The van der Waals surface area contributed by atoms with Crippen LogP contribution in [-0.2, 0) is 14.3 Å². The largest absolute Gasteiger partial charge is 0.365 e. The van der Waals surface area contributed by atoms with Crippen LogP contribution in [0, 0.1) is 5.92 Å². The second-order valence-electron chi connectivity index (χ2n) is 3.26. The van der Waals surface area contributed by atoms with Crippen LogP contribution in [0.3, 0.4) is 0 Å². The molecule has 4 nitrogen and oxygen atoms in total. The Morgan fingerprint density at radius 1 is 1.75 bits per heavy atom. The molecule has 2 rings (SSSR count). The van der Waals surface area contributed by atoms with E-state index in [4.69, 9.17) is 9.47 Å². The Hall–Kier alpha value is 0.280. The number of carbonyl (C=O) groups excluding carboxylic acids is 1. The predicted octanol–water partition coefficient (Wildman–Crippen LogP) is 0.256. The molecule has 2 saturated heterocycles. The van der Waals surface area contributed by atoms with Gasteiger partial charge in [-0.05, 0) is 0 Å². The van der Waals surface area contributed by atoms with Gasteiger partial charge in [-0.15, -0.1) is 0 Å². The van der Waals surface area contributed by atoms with Gasteiger partial charge in [0.1, 0.15) is 6.61 Å². The highest BCUT2D eigenvalue weighted by molar-refractivity contribution is 14.1. The number of rotatable bonds is 1. The van der Waals surface area contributed by atoms with Crippen LogP contribution in [0.1, 0.15) is 6.92 Å². The Balaban J connectivity index is 2.30. The first-order valence-electron chi connectivity index (χ1n) is 3.87. The number of ketones is 1. The number of Topliss-reactive ketones (excluding diaryl/α,β-unsaturated/α-hetero) is 1. The van der Waals surface area contributed by atoms with Gasteiger partial charge in [-0.2, -0.15) is 0 Å². The highest BCUT2D eigenvalue weighted by atomic mass is 127. The Morgan fingerprint density at radius 3 is 3.08 bits per heavy atom. The summed E-state index contributed by atoms with van der Waals surface area (Å²) in [6.07, 6.45) is -0.399. The van der Waals surface area contributed by atoms with Gasteiger partial charge in [0.25, 0.3) is 0 Å². The van der Waals surface area contributed by atoms with E-state index >= 15 is 0 Å². The fraction of sp³-hybridized carbons (Fsp3) is 0.857. The Labute approximate surface area is 84.5 Å². The fourth-order valence-corrected chi connectivity index (χ4v) is 2.70. The summed E-state index contributed by atoms with van der Waals surface area (Å²) in [5.41, 5.74) is -0.558. The molecule has 0 saturated carbocycles. The summed E-state index contributed by atoms with van der Waals surface area (Å²) < 4.78 is 13.8. The van der Waals surface area contributed by atoms with Crippen LogP contribution in [0.2, 0.25) is 0 Å². The van der Waals surface area contributed by atoms with Crippen LogP contribution >= 0.6 is 22.9 Å². The zero-order chi connectivity index (χ0) is 8.77. The molecule has 0 aromatic rings. The van der Waals surface area contributed by atoms with Gasteiger partial charge in [-0.1, -0.05) is 6.92 Å². The van der Waals surface area contributed by atoms with Crippen LogP contribution in [0.4, 0.5) is 0 Å². The lowest BCUT2D eigenvalue weighted by molar-refractivity contribution is -0.125. The van der Waals surface area contributed by atoms with Crippen molar-refractivity contribution in [1.29, 1.82) is 0 Å². The van der Waals surface area contributed by atoms with Gasteiger partial charge in [0.05, 0.1) is 6.61 Å². The van der Waals surface area contributed by atoms with E-state index in [2.05, 4.69) is 3.53 Å². The van der Waals surface area contributed by atoms with E-state index in [0.29, 0.717) is 6.61 Å². The molecule has 0 radical (unpaired) electrons. The number of nitrogens with one attached hydrogen (secondary N) is 1. The molecule has 0 bridgehead atoms. The zero-order valence-corrected chi connectivity index (χ0v) is 8.83. The average Bonchev–Trinajstić information content (AvgIpc) is 2.55. The van der Waals surface area contributed by atoms with Crippen LogP contribution < -0.4 is 3.53 Å². The summed E-state index contributed by atoms with van der Waals surface area (Å²) in [5, 5.41) is 0. The van der Waals surface area contributed by atoms with Crippen molar-refractivity contribution < 1.29 is 14.3 Å². The number of fused-ring (bicyclic) bond motifs is 1. The molecule has 12 heavy (non-hydrogen) atoms. The third-order valence-electron chi connectivity index (χ3n) is 2.53. The Morgan fingerprint density at radius 2 is 2.50 bits per heavy atom. The monoisotopic (exact) mass is 283 g/mol. The maximum Gasteiger partial charge on any atom is 0.191 e. The molecule has 0 aliphatic carbocycles. The molecule has 3 unspecified atom stereocenters. The van der Waals surface area contributed by atoms with Gasteiger partial charge in [-0.25, -0.2) is 3.53 Å². The van der Waals surface area contributed by atoms with Gasteiger partial charge in [-0.3, -0.25) is 4.79 Å². The summed E-state index contributed by atoms with van der Waals surface area (Å²) in [7, 11) is 0. The lowest BCUT2D eigenvalue weighted by atomic mass is 9.97. The molecule has 2 aliphatic heterocycles. The van der Waals surface area contributed by atoms with Crippen molar-refractivity contribution in [3.05, 3.63) is 0 Å². The quantitative estimate of drug-likeness (QED) is 0.554. The zero-order valence-electron chi connectivity index (χ0n) is 6.67. The molecule has 3 atom stereocenters. The fourth-order valence-electron chi connectivity index (χ4n) is 1.73. The van der Waals surface area contributed by atoms with Gasteiger partial charge >= 0.3 is 0 Å². The maximum absolute atomic E-state index is 11.3. The normalized spacial score (nSPS) is 46.7. The van der Waals surface area contributed by atoms with E-state index < -0.39 is 11.8 Å². The van der Waals surface area contributed by atoms with Crippen molar-refractivity contribution in [2.75, 3.05) is 13.2 Å². The van der Waals surface area contributed by atoms with E-state index in [9.17, 15) is 4.79 Å². The summed E-state index contributed by atoms with van der Waals surface area (Å²) in [6, 6.07) is 0. The third kappa shape index (κ3) is 0.966. The lowest BCUT2D eigenvalue weighted by Gasteiger charge is -2.27. The minimum atomic E-state index is -0.558. The van der Waals surface area contributed by atoms with Crippen molar-refractivity contribution >= 4 is 28.6 Å². The molecule has 0 amide bonds. The highest BCUT2D eigenvalue weighted by Gasteiger charge is 2.58. The average molecular weight is 283 g/mol. The van der Waals surface area contributed by atoms with Gasteiger partial charge in [0.2, 0.25) is 0 Å². The standard InChI is InChI=1S/C7H10INO3/c1-4-2-11-6-5(10)3-12-7(4,6)9-8/h4,6,9H,2-3H2,1H3. The van der Waals surface area contributed by atoms with Crippen LogP contribution in [0.5, 0.6) is 0 Å². The molecule has 0 spiro atoms. The summed E-state index contributed by atoms with van der Waals surface area (Å²) in [4.78, 5) is 11.3. The number of carbonyl (C=O) groups is 1. The molecule has 68 valence electrons. The predicted molar refractivity (Wildman–Crippen MR) is 49.7 cm³/mol. The molecular formula is C7H10INO3. The number of ether oxygens (including phenoxy) is 2. The second-order valence-corrected chi connectivity index (χ2v) is 3.80. The molecule has 1 N–H and O–H groups in total. The van der Waals surface area contributed by atoms with Crippen molar-refractivity contribution in [2.24, 2.45) is 5.92 Å². The summed E-state index contributed by atoms with van der Waals surface area (Å²) in [5.74, 6) is 0.273. The van der Waals surface area contributed by atoms with Gasteiger partial charge < -0.3 is 9.47 Å². The smallest absolute Gasteiger partial charge is 0.191 e. The van der Waals surface area contributed by atoms with Gasteiger partial charge in [0.15, 0.2) is 17.6 Å². The minimum Gasteiger partial charge on any atom is -0.365 e. The maximum atomic E-state index is 11.3. The molecule has 2 fully saturated rings. The topological polar surface area (TPSA) is 47.6 Å². The highest BCUT2D eigenvalue weighted by Crippen LogP contribution is 2.38. The molecular weight excluding hydrogens is 273 g/mol. The van der Waals surface area contributed by atoms with Crippen molar-refractivity contribution in [3.8, 4) is 0 Å². The SMILES string of the molecule is CC1COC2C(=O)COC12NI. The van der Waals surface area contributed by atoms with Crippen molar-refractivity contribution in [3.63, 3.8) is 0 Å². The van der Waals surface area contributed by atoms with E-state index in [1.165, 1.54) is 0 Å².